The first kappa shape index (κ1) is 18.3. The molecule has 2 atom stereocenters. The van der Waals surface area contributed by atoms with Crippen LogP contribution in [0, 0.1) is 4.77 Å². The molecule has 1 N–H and O–H groups in total. The van der Waals surface area contributed by atoms with Crippen LogP contribution in [0.1, 0.15) is 24.7 Å². The van der Waals surface area contributed by atoms with Crippen LogP contribution >= 0.6 is 12.2 Å². The van der Waals surface area contributed by atoms with Crippen LogP contribution in [0.25, 0.3) is 0 Å². The minimum absolute atomic E-state index is 0.136. The zero-order valence-electron chi connectivity index (χ0n) is 14.7. The molecule has 1 fully saturated rings. The van der Waals surface area contributed by atoms with Crippen LogP contribution in [0.2, 0.25) is 0 Å². The molecule has 1 aromatic heterocycles. The van der Waals surface area contributed by atoms with Crippen molar-refractivity contribution in [2.45, 2.75) is 32.5 Å². The molecule has 8 heteroatoms. The third-order valence-corrected chi connectivity index (χ3v) is 7.21. The lowest BCUT2D eigenvalue weighted by Crippen LogP contribution is -3.15. The lowest BCUT2D eigenvalue weighted by molar-refractivity contribution is -0.943. The Labute approximate surface area is 154 Å². The fourth-order valence-electron chi connectivity index (χ4n) is 3.41. The molecule has 0 bridgehead atoms. The first-order chi connectivity index (χ1) is 11.9. The molecule has 1 aliphatic heterocycles. The molecule has 1 aromatic carbocycles. The average molecular weight is 382 g/mol. The van der Waals surface area contributed by atoms with Gasteiger partial charge in [-0.05, 0) is 24.7 Å². The smallest absolute Gasteiger partial charge is 0.202 e. The highest BCUT2D eigenvalue weighted by molar-refractivity contribution is 7.91. The van der Waals surface area contributed by atoms with Crippen LogP contribution in [0.3, 0.4) is 0 Å². The van der Waals surface area contributed by atoms with Gasteiger partial charge in [-0.2, -0.15) is 9.78 Å². The van der Waals surface area contributed by atoms with Gasteiger partial charge >= 0.3 is 0 Å². The fraction of sp³-hybridized carbons (Fsp3) is 0.529. The molecule has 0 saturated carbocycles. The van der Waals surface area contributed by atoms with E-state index in [0.29, 0.717) is 17.2 Å². The Hall–Kier alpha value is -1.51. The fourth-order valence-corrected chi connectivity index (χ4v) is 5.44. The lowest BCUT2D eigenvalue weighted by Gasteiger charge is -2.23. The van der Waals surface area contributed by atoms with Gasteiger partial charge in [-0.15, -0.1) is 0 Å². The maximum Gasteiger partial charge on any atom is 0.202 e. The first-order valence-corrected chi connectivity index (χ1v) is 10.8. The van der Waals surface area contributed by atoms with Crippen molar-refractivity contribution in [3.63, 3.8) is 0 Å². The van der Waals surface area contributed by atoms with Crippen molar-refractivity contribution < 1.29 is 13.3 Å². The van der Waals surface area contributed by atoms with E-state index in [1.54, 1.807) is 0 Å². The van der Waals surface area contributed by atoms with E-state index in [1.807, 2.05) is 34.5 Å². The summed E-state index contributed by atoms with van der Waals surface area (Å²) in [6.07, 6.45) is 1.45. The Morgan fingerprint density at radius 3 is 2.64 bits per heavy atom. The molecular formula is C17H25N4O2S2+. The summed E-state index contributed by atoms with van der Waals surface area (Å²) in [6.45, 7) is 3.54. The summed E-state index contributed by atoms with van der Waals surface area (Å²) < 4.78 is 28.0. The minimum atomic E-state index is -2.88. The molecule has 25 heavy (non-hydrogen) atoms. The topological polar surface area (TPSA) is 61.3 Å². The second-order valence-electron chi connectivity index (χ2n) is 6.69. The monoisotopic (exact) mass is 381 g/mol. The summed E-state index contributed by atoms with van der Waals surface area (Å²) in [6, 6.07) is 10.3. The molecule has 0 radical (unpaired) electrons. The standard InChI is InChI=1S/C17H24N4O2S2/c1-3-20(15-9-10-25(22,23)12-15)13-21-17(24)19(2)16(18-21)11-14-7-5-4-6-8-14/h4-8,15H,3,9-13H2,1-2H3/p+1/t15-/m1/s1. The number of quaternary nitrogens is 1. The quantitative estimate of drug-likeness (QED) is 0.744. The summed E-state index contributed by atoms with van der Waals surface area (Å²) in [5, 5.41) is 4.71. The van der Waals surface area contributed by atoms with Crippen molar-refractivity contribution in [3.05, 3.63) is 46.5 Å². The third-order valence-electron chi connectivity index (χ3n) is 4.95. The number of rotatable bonds is 6. The van der Waals surface area contributed by atoms with Crippen LogP contribution in [0.4, 0.5) is 0 Å². The van der Waals surface area contributed by atoms with Crippen LogP contribution in [0.5, 0.6) is 0 Å². The Balaban J connectivity index is 1.78. The molecule has 0 amide bonds. The molecule has 2 aromatic rings. The minimum Gasteiger partial charge on any atom is -0.313 e. The Morgan fingerprint density at radius 2 is 2.04 bits per heavy atom. The number of nitrogens with zero attached hydrogens (tertiary/aromatic N) is 3. The van der Waals surface area contributed by atoms with Gasteiger partial charge in [0.2, 0.25) is 4.77 Å². The maximum absolute atomic E-state index is 11.8. The van der Waals surface area contributed by atoms with E-state index in [4.69, 9.17) is 17.3 Å². The van der Waals surface area contributed by atoms with Crippen molar-refractivity contribution >= 4 is 22.1 Å². The van der Waals surface area contributed by atoms with Crippen molar-refractivity contribution in [1.82, 2.24) is 14.3 Å². The molecule has 1 saturated heterocycles. The highest BCUT2D eigenvalue weighted by atomic mass is 32.2. The Morgan fingerprint density at radius 1 is 1.32 bits per heavy atom. The van der Waals surface area contributed by atoms with E-state index in [0.717, 1.165) is 25.2 Å². The van der Waals surface area contributed by atoms with E-state index < -0.39 is 9.84 Å². The number of hydrogen-bond donors (Lipinski definition) is 1. The molecule has 6 nitrogen and oxygen atoms in total. The molecule has 136 valence electrons. The summed E-state index contributed by atoms with van der Waals surface area (Å²) in [5.41, 5.74) is 1.19. The average Bonchev–Trinajstić information content (AvgIpc) is 3.08. The molecule has 1 unspecified atom stereocenters. The molecule has 2 heterocycles. The van der Waals surface area contributed by atoms with Crippen molar-refractivity contribution in [1.29, 1.82) is 0 Å². The van der Waals surface area contributed by atoms with Gasteiger partial charge in [0, 0.05) is 19.9 Å². The van der Waals surface area contributed by atoms with Gasteiger partial charge in [0.15, 0.2) is 16.5 Å². The molecule has 0 aliphatic carbocycles. The summed E-state index contributed by atoms with van der Waals surface area (Å²) >= 11 is 5.55. The summed E-state index contributed by atoms with van der Waals surface area (Å²) in [4.78, 5) is 1.22. The lowest BCUT2D eigenvalue weighted by atomic mass is 10.1. The molecule has 1 aliphatic rings. The predicted octanol–water partition coefficient (Wildman–Crippen LogP) is 0.591. The summed E-state index contributed by atoms with van der Waals surface area (Å²) in [7, 11) is -0.938. The van der Waals surface area contributed by atoms with Crippen LogP contribution < -0.4 is 4.90 Å². The highest BCUT2D eigenvalue weighted by Crippen LogP contribution is 2.10. The second-order valence-corrected chi connectivity index (χ2v) is 9.28. The van der Waals surface area contributed by atoms with Gasteiger partial charge in [-0.3, -0.25) is 0 Å². The van der Waals surface area contributed by atoms with Gasteiger partial charge in [-0.25, -0.2) is 8.42 Å². The zero-order valence-corrected chi connectivity index (χ0v) is 16.3. The SMILES string of the molecule is CC[NH+](Cn1nc(Cc2ccccc2)n(C)c1=S)[C@@H]1CCS(=O)(=O)C1. The molecule has 0 spiro atoms. The van der Waals surface area contributed by atoms with Crippen LogP contribution in [-0.4, -0.2) is 46.9 Å². The van der Waals surface area contributed by atoms with Crippen LogP contribution in [-0.2, 0) is 30.0 Å². The van der Waals surface area contributed by atoms with Gasteiger partial charge in [0.1, 0.15) is 17.6 Å². The second kappa shape index (κ2) is 7.39. The molecular weight excluding hydrogens is 356 g/mol. The third kappa shape index (κ3) is 4.19. The first-order valence-electron chi connectivity index (χ1n) is 8.61. The van der Waals surface area contributed by atoms with Gasteiger partial charge in [-0.1, -0.05) is 30.3 Å². The van der Waals surface area contributed by atoms with Crippen molar-refractivity contribution in [3.8, 4) is 0 Å². The van der Waals surface area contributed by atoms with E-state index in [2.05, 4.69) is 19.1 Å². The number of hydrogen-bond acceptors (Lipinski definition) is 4. The van der Waals surface area contributed by atoms with Gasteiger partial charge in [0.25, 0.3) is 0 Å². The highest BCUT2D eigenvalue weighted by Gasteiger charge is 2.35. The predicted molar refractivity (Wildman–Crippen MR) is 99.8 cm³/mol. The maximum atomic E-state index is 11.8. The normalized spacial score (nSPS) is 20.6. The van der Waals surface area contributed by atoms with Crippen LogP contribution in [0.15, 0.2) is 30.3 Å². The molecule has 3 rings (SSSR count). The van der Waals surface area contributed by atoms with Crippen molar-refractivity contribution in [2.75, 3.05) is 18.1 Å². The van der Waals surface area contributed by atoms with E-state index in [9.17, 15) is 8.42 Å². The summed E-state index contributed by atoms with van der Waals surface area (Å²) in [5.74, 6) is 1.49. The number of aromatic nitrogens is 3. The Kier molecular flexibility index (Phi) is 5.41. The zero-order chi connectivity index (χ0) is 18.0. The van der Waals surface area contributed by atoms with Gasteiger partial charge < -0.3 is 9.47 Å². The van der Waals surface area contributed by atoms with E-state index >= 15 is 0 Å². The largest absolute Gasteiger partial charge is 0.313 e. The number of benzene rings is 1. The Bertz CT molecular complexity index is 887. The number of sulfone groups is 1. The number of nitrogens with one attached hydrogen (secondary N) is 1. The van der Waals surface area contributed by atoms with E-state index in [1.165, 1.54) is 10.5 Å². The van der Waals surface area contributed by atoms with Gasteiger partial charge in [0.05, 0.1) is 12.3 Å². The van der Waals surface area contributed by atoms with E-state index in [-0.39, 0.29) is 11.8 Å². The van der Waals surface area contributed by atoms with Crippen molar-refractivity contribution in [2.24, 2.45) is 7.05 Å².